The smallest absolute Gasteiger partial charge is 0.236 e. The van der Waals surface area contributed by atoms with Gasteiger partial charge in [0.2, 0.25) is 11.8 Å². The molecule has 1 heterocycles. The van der Waals surface area contributed by atoms with Gasteiger partial charge in [-0.3, -0.25) is 9.59 Å². The molecule has 0 spiro atoms. The van der Waals surface area contributed by atoms with Crippen molar-refractivity contribution in [3.63, 3.8) is 0 Å². The molecule has 2 bridgehead atoms. The average Bonchev–Trinajstić information content (AvgIpc) is 2.86. The Hall–Kier alpha value is -1.68. The van der Waals surface area contributed by atoms with Gasteiger partial charge in [-0.15, -0.1) is 0 Å². The maximum Gasteiger partial charge on any atom is 0.236 e. The molecule has 2 amide bonds. The summed E-state index contributed by atoms with van der Waals surface area (Å²) in [7, 11) is 1.86. The monoisotopic (exact) mass is 258 g/mol. The highest BCUT2D eigenvalue weighted by atomic mass is 16.2. The van der Waals surface area contributed by atoms with Gasteiger partial charge in [-0.2, -0.15) is 0 Å². The van der Waals surface area contributed by atoms with Crippen LogP contribution in [-0.2, 0) is 16.1 Å². The van der Waals surface area contributed by atoms with E-state index in [2.05, 4.69) is 5.32 Å². The molecule has 1 saturated heterocycles. The Balaban J connectivity index is 2.01. The number of fused-ring (bicyclic) bond motifs is 2. The molecule has 100 valence electrons. The molecule has 4 nitrogen and oxygen atoms in total. The zero-order valence-electron chi connectivity index (χ0n) is 11.1. The molecule has 2 fully saturated rings. The van der Waals surface area contributed by atoms with Crippen LogP contribution in [-0.4, -0.2) is 18.9 Å². The lowest BCUT2D eigenvalue weighted by Gasteiger charge is -2.31. The Morgan fingerprint density at radius 2 is 1.79 bits per heavy atom. The van der Waals surface area contributed by atoms with E-state index in [4.69, 9.17) is 0 Å². The van der Waals surface area contributed by atoms with Gasteiger partial charge >= 0.3 is 0 Å². The van der Waals surface area contributed by atoms with Crippen molar-refractivity contribution < 1.29 is 9.59 Å². The van der Waals surface area contributed by atoms with Crippen LogP contribution in [0, 0.1) is 11.8 Å². The van der Waals surface area contributed by atoms with Gasteiger partial charge < -0.3 is 5.32 Å². The number of para-hydroxylation sites is 1. The number of hydrogen-bond donors (Lipinski definition) is 1. The fourth-order valence-corrected chi connectivity index (χ4v) is 3.21. The first-order chi connectivity index (χ1) is 9.22. The average molecular weight is 258 g/mol. The standard InChI is InChI=1S/C15H18N2O2/c1-16-9-12-4-2-3-5-13(12)17-14(18)10-6-7-11(8-10)15(17)19/h2-5,10-11,16H,6-9H2,1H3. The maximum atomic E-state index is 12.4. The molecule has 0 aromatic heterocycles. The largest absolute Gasteiger partial charge is 0.316 e. The summed E-state index contributed by atoms with van der Waals surface area (Å²) in [4.78, 5) is 26.3. The molecule has 0 radical (unpaired) electrons. The van der Waals surface area contributed by atoms with E-state index >= 15 is 0 Å². The van der Waals surface area contributed by atoms with Crippen LogP contribution in [0.1, 0.15) is 24.8 Å². The molecule has 1 N–H and O–H groups in total. The number of amides is 2. The third-order valence-corrected chi connectivity index (χ3v) is 4.17. The molecule has 1 aliphatic carbocycles. The van der Waals surface area contributed by atoms with E-state index < -0.39 is 0 Å². The summed E-state index contributed by atoms with van der Waals surface area (Å²) in [6, 6.07) is 7.64. The van der Waals surface area contributed by atoms with Crippen LogP contribution in [0.25, 0.3) is 0 Å². The van der Waals surface area contributed by atoms with Gasteiger partial charge in [0.25, 0.3) is 0 Å². The number of nitrogens with one attached hydrogen (secondary N) is 1. The minimum atomic E-state index is -0.0118. The number of benzene rings is 1. The Morgan fingerprint density at radius 1 is 1.16 bits per heavy atom. The van der Waals surface area contributed by atoms with Gasteiger partial charge in [0, 0.05) is 18.4 Å². The topological polar surface area (TPSA) is 49.4 Å². The second kappa shape index (κ2) is 4.78. The summed E-state index contributed by atoms with van der Waals surface area (Å²) in [5.74, 6) is 0.0697. The third kappa shape index (κ3) is 1.96. The zero-order chi connectivity index (χ0) is 13.4. The van der Waals surface area contributed by atoms with Gasteiger partial charge in [-0.05, 0) is 37.9 Å². The van der Waals surface area contributed by atoms with Crippen LogP contribution in [0.5, 0.6) is 0 Å². The first-order valence-electron chi connectivity index (χ1n) is 6.82. The molecule has 1 aliphatic heterocycles. The predicted octanol–water partition coefficient (Wildman–Crippen LogP) is 1.70. The van der Waals surface area contributed by atoms with Crippen LogP contribution in [0.15, 0.2) is 24.3 Å². The fourth-order valence-electron chi connectivity index (χ4n) is 3.21. The van der Waals surface area contributed by atoms with E-state index in [0.29, 0.717) is 6.54 Å². The van der Waals surface area contributed by atoms with Crippen molar-refractivity contribution in [3.05, 3.63) is 29.8 Å². The lowest BCUT2D eigenvalue weighted by atomic mass is 9.95. The van der Waals surface area contributed by atoms with Crippen LogP contribution < -0.4 is 10.2 Å². The van der Waals surface area contributed by atoms with Crippen molar-refractivity contribution in [2.24, 2.45) is 11.8 Å². The SMILES string of the molecule is CNCc1ccccc1N1C(=O)C2CCC(C2)C1=O. The predicted molar refractivity (Wildman–Crippen MR) is 72.5 cm³/mol. The van der Waals surface area contributed by atoms with Crippen molar-refractivity contribution in [2.45, 2.75) is 25.8 Å². The summed E-state index contributed by atoms with van der Waals surface area (Å²) in [6.45, 7) is 0.655. The number of rotatable bonds is 3. The Morgan fingerprint density at radius 3 is 2.42 bits per heavy atom. The third-order valence-electron chi connectivity index (χ3n) is 4.17. The number of anilines is 1. The highest BCUT2D eigenvalue weighted by Crippen LogP contribution is 2.40. The molecule has 1 aromatic rings. The number of imide groups is 1. The highest BCUT2D eigenvalue weighted by molar-refractivity contribution is 6.19. The normalized spacial score (nSPS) is 26.1. The fraction of sp³-hybridized carbons (Fsp3) is 0.467. The Bertz CT molecular complexity index is 505. The number of nitrogens with zero attached hydrogens (tertiary/aromatic N) is 1. The van der Waals surface area contributed by atoms with Crippen LogP contribution in [0.3, 0.4) is 0 Å². The first kappa shape index (κ1) is 12.4. The molecular formula is C15H18N2O2. The molecule has 4 heteroatoms. The van der Waals surface area contributed by atoms with Gasteiger partial charge in [0.1, 0.15) is 0 Å². The van der Waals surface area contributed by atoms with Crippen molar-refractivity contribution in [3.8, 4) is 0 Å². The first-order valence-corrected chi connectivity index (χ1v) is 6.82. The lowest BCUT2D eigenvalue weighted by Crippen LogP contribution is -2.47. The van der Waals surface area contributed by atoms with Crippen molar-refractivity contribution in [2.75, 3.05) is 11.9 Å². The Kier molecular flexibility index (Phi) is 3.11. The summed E-state index contributed by atoms with van der Waals surface area (Å²) in [5.41, 5.74) is 1.75. The van der Waals surface area contributed by atoms with E-state index in [1.54, 1.807) is 0 Å². The molecule has 2 atom stereocenters. The van der Waals surface area contributed by atoms with Crippen LogP contribution >= 0.6 is 0 Å². The summed E-state index contributed by atoms with van der Waals surface area (Å²) in [5, 5.41) is 3.08. The van der Waals surface area contributed by atoms with Crippen molar-refractivity contribution >= 4 is 17.5 Å². The second-order valence-corrected chi connectivity index (χ2v) is 5.38. The molecule has 1 saturated carbocycles. The molecule has 2 aliphatic rings. The highest BCUT2D eigenvalue weighted by Gasteiger charge is 2.46. The van der Waals surface area contributed by atoms with Crippen molar-refractivity contribution in [1.82, 2.24) is 5.32 Å². The lowest BCUT2D eigenvalue weighted by molar-refractivity contribution is -0.133. The van der Waals surface area contributed by atoms with E-state index in [1.807, 2.05) is 31.3 Å². The van der Waals surface area contributed by atoms with E-state index in [1.165, 1.54) is 4.90 Å². The van der Waals surface area contributed by atoms with E-state index in [-0.39, 0.29) is 23.7 Å². The van der Waals surface area contributed by atoms with E-state index in [0.717, 1.165) is 30.5 Å². The minimum Gasteiger partial charge on any atom is -0.316 e. The van der Waals surface area contributed by atoms with Crippen LogP contribution in [0.2, 0.25) is 0 Å². The number of hydrogen-bond acceptors (Lipinski definition) is 3. The van der Waals surface area contributed by atoms with Gasteiger partial charge in [0.05, 0.1) is 5.69 Å². The van der Waals surface area contributed by atoms with E-state index in [9.17, 15) is 9.59 Å². The summed E-state index contributed by atoms with van der Waals surface area (Å²) < 4.78 is 0. The second-order valence-electron chi connectivity index (χ2n) is 5.38. The number of piperidine rings is 1. The van der Waals surface area contributed by atoms with Gasteiger partial charge in [-0.25, -0.2) is 4.90 Å². The van der Waals surface area contributed by atoms with Crippen LogP contribution in [0.4, 0.5) is 5.69 Å². The van der Waals surface area contributed by atoms with Crippen molar-refractivity contribution in [1.29, 1.82) is 0 Å². The quantitative estimate of drug-likeness (QED) is 0.839. The maximum absolute atomic E-state index is 12.4. The Labute approximate surface area is 112 Å². The molecular weight excluding hydrogens is 240 g/mol. The summed E-state index contributed by atoms with van der Waals surface area (Å²) in [6.07, 6.45) is 2.47. The number of carbonyl (C=O) groups is 2. The van der Waals surface area contributed by atoms with Gasteiger partial charge in [0.15, 0.2) is 0 Å². The zero-order valence-corrected chi connectivity index (χ0v) is 11.1. The molecule has 1 aromatic carbocycles. The molecule has 19 heavy (non-hydrogen) atoms. The van der Waals surface area contributed by atoms with Gasteiger partial charge in [-0.1, -0.05) is 18.2 Å². The minimum absolute atomic E-state index is 0.0118. The molecule has 2 unspecified atom stereocenters. The summed E-state index contributed by atoms with van der Waals surface area (Å²) >= 11 is 0. The molecule has 3 rings (SSSR count). The number of carbonyl (C=O) groups excluding carboxylic acids is 2.